The molecular weight excluding hydrogens is 236 g/mol. The Hall–Kier alpha value is -1.61. The van der Waals surface area contributed by atoms with Crippen molar-refractivity contribution in [3.8, 4) is 0 Å². The molecule has 1 unspecified atom stereocenters. The quantitative estimate of drug-likeness (QED) is 0.864. The number of rotatable bonds is 5. The second-order valence-corrected chi connectivity index (χ2v) is 5.34. The molecule has 3 heteroatoms. The van der Waals surface area contributed by atoms with Gasteiger partial charge in [0.25, 0.3) is 0 Å². The molecule has 0 bridgehead atoms. The molecule has 0 saturated carbocycles. The summed E-state index contributed by atoms with van der Waals surface area (Å²) >= 11 is 0. The van der Waals surface area contributed by atoms with Crippen LogP contribution in [0.25, 0.3) is 10.9 Å². The second kappa shape index (κ2) is 6.02. The van der Waals surface area contributed by atoms with Gasteiger partial charge in [-0.05, 0) is 31.4 Å². The fourth-order valence-electron chi connectivity index (χ4n) is 2.34. The number of benzene rings is 1. The van der Waals surface area contributed by atoms with Gasteiger partial charge in [0.05, 0.1) is 5.52 Å². The minimum atomic E-state index is 0.206. The first-order valence-electron chi connectivity index (χ1n) is 6.85. The van der Waals surface area contributed by atoms with E-state index in [9.17, 15) is 5.11 Å². The van der Waals surface area contributed by atoms with E-state index in [1.54, 1.807) is 0 Å². The molecule has 2 aromatic rings. The predicted molar refractivity (Wildman–Crippen MR) is 80.4 cm³/mol. The first-order valence-corrected chi connectivity index (χ1v) is 6.85. The Balaban J connectivity index is 2.38. The van der Waals surface area contributed by atoms with Crippen molar-refractivity contribution >= 4 is 16.6 Å². The lowest BCUT2D eigenvalue weighted by atomic mass is 10.0. The van der Waals surface area contributed by atoms with Gasteiger partial charge >= 0.3 is 0 Å². The van der Waals surface area contributed by atoms with Crippen molar-refractivity contribution < 1.29 is 5.11 Å². The summed E-state index contributed by atoms with van der Waals surface area (Å²) in [6, 6.07) is 10.5. The summed E-state index contributed by atoms with van der Waals surface area (Å²) in [4.78, 5) is 4.55. The molecule has 1 heterocycles. The van der Waals surface area contributed by atoms with Crippen molar-refractivity contribution in [2.45, 2.75) is 33.2 Å². The number of nitrogens with one attached hydrogen (secondary N) is 1. The summed E-state index contributed by atoms with van der Waals surface area (Å²) in [7, 11) is 0. The van der Waals surface area contributed by atoms with Crippen molar-refractivity contribution in [2.75, 3.05) is 11.9 Å². The minimum Gasteiger partial charge on any atom is -0.396 e. The van der Waals surface area contributed by atoms with Gasteiger partial charge in [0.2, 0.25) is 0 Å². The monoisotopic (exact) mass is 258 g/mol. The number of para-hydroxylation sites is 1. The third-order valence-corrected chi connectivity index (χ3v) is 3.43. The lowest BCUT2D eigenvalue weighted by Gasteiger charge is -2.23. The van der Waals surface area contributed by atoms with Crippen LogP contribution in [0.2, 0.25) is 0 Å². The molecule has 0 aliphatic carbocycles. The van der Waals surface area contributed by atoms with Crippen molar-refractivity contribution in [1.29, 1.82) is 0 Å². The Morgan fingerprint density at radius 1 is 1.26 bits per heavy atom. The lowest BCUT2D eigenvalue weighted by molar-refractivity contribution is 0.267. The van der Waals surface area contributed by atoms with Crippen molar-refractivity contribution in [3.05, 3.63) is 36.0 Å². The van der Waals surface area contributed by atoms with Crippen LogP contribution < -0.4 is 5.32 Å². The largest absolute Gasteiger partial charge is 0.396 e. The molecule has 1 aromatic carbocycles. The number of aliphatic hydroxyl groups excluding tert-OH is 1. The van der Waals surface area contributed by atoms with E-state index in [4.69, 9.17) is 0 Å². The molecule has 2 N–H and O–H groups in total. The van der Waals surface area contributed by atoms with E-state index in [0.717, 1.165) is 28.7 Å². The summed E-state index contributed by atoms with van der Waals surface area (Å²) in [5.41, 5.74) is 3.12. The fraction of sp³-hybridized carbons (Fsp3) is 0.438. The first kappa shape index (κ1) is 13.8. The zero-order valence-electron chi connectivity index (χ0n) is 11.9. The van der Waals surface area contributed by atoms with Gasteiger partial charge < -0.3 is 10.4 Å². The molecule has 2 rings (SSSR count). The van der Waals surface area contributed by atoms with Crippen LogP contribution in [0.1, 0.15) is 26.0 Å². The van der Waals surface area contributed by atoms with Crippen LogP contribution in [0, 0.1) is 12.8 Å². The predicted octanol–water partition coefficient (Wildman–Crippen LogP) is 3.36. The van der Waals surface area contributed by atoms with Gasteiger partial charge in [-0.1, -0.05) is 32.0 Å². The molecule has 1 atom stereocenters. The van der Waals surface area contributed by atoms with Crippen LogP contribution in [0.15, 0.2) is 30.3 Å². The SMILES string of the molecule is Cc1cc(NC(CCO)C(C)C)c2ccccc2n1. The van der Waals surface area contributed by atoms with Gasteiger partial charge in [0.1, 0.15) is 0 Å². The van der Waals surface area contributed by atoms with Crippen LogP contribution in [-0.2, 0) is 0 Å². The molecule has 0 aliphatic rings. The topological polar surface area (TPSA) is 45.1 Å². The Kier molecular flexibility index (Phi) is 4.38. The molecule has 1 aromatic heterocycles. The highest BCUT2D eigenvalue weighted by molar-refractivity contribution is 5.91. The summed E-state index contributed by atoms with van der Waals surface area (Å²) < 4.78 is 0. The average molecular weight is 258 g/mol. The van der Waals surface area contributed by atoms with Crippen LogP contribution in [0.3, 0.4) is 0 Å². The zero-order chi connectivity index (χ0) is 13.8. The standard InChI is InChI=1S/C16H22N2O/c1-11(2)14(8-9-19)18-16-10-12(3)17-15-7-5-4-6-13(15)16/h4-7,10-11,14,19H,8-9H2,1-3H3,(H,17,18). The number of nitrogens with zero attached hydrogens (tertiary/aromatic N) is 1. The highest BCUT2D eigenvalue weighted by Crippen LogP contribution is 2.25. The van der Waals surface area contributed by atoms with Crippen molar-refractivity contribution in [1.82, 2.24) is 4.98 Å². The van der Waals surface area contributed by atoms with Crippen LogP contribution in [-0.4, -0.2) is 22.7 Å². The molecule has 0 fully saturated rings. The second-order valence-electron chi connectivity index (χ2n) is 5.34. The van der Waals surface area contributed by atoms with E-state index in [1.165, 1.54) is 0 Å². The van der Waals surface area contributed by atoms with E-state index >= 15 is 0 Å². The van der Waals surface area contributed by atoms with Gasteiger partial charge in [-0.25, -0.2) is 0 Å². The molecule has 0 spiro atoms. The van der Waals surface area contributed by atoms with Crippen LogP contribution in [0.4, 0.5) is 5.69 Å². The molecule has 102 valence electrons. The number of aryl methyl sites for hydroxylation is 1. The Morgan fingerprint density at radius 3 is 2.68 bits per heavy atom. The third-order valence-electron chi connectivity index (χ3n) is 3.43. The highest BCUT2D eigenvalue weighted by Gasteiger charge is 2.14. The Morgan fingerprint density at radius 2 is 2.00 bits per heavy atom. The zero-order valence-corrected chi connectivity index (χ0v) is 11.9. The van der Waals surface area contributed by atoms with E-state index < -0.39 is 0 Å². The number of anilines is 1. The molecule has 0 radical (unpaired) electrons. The first-order chi connectivity index (χ1) is 9.11. The minimum absolute atomic E-state index is 0.206. The molecule has 19 heavy (non-hydrogen) atoms. The maximum absolute atomic E-state index is 9.18. The maximum atomic E-state index is 9.18. The summed E-state index contributed by atoms with van der Waals surface area (Å²) in [5, 5.41) is 13.9. The number of hydrogen-bond donors (Lipinski definition) is 2. The van der Waals surface area contributed by atoms with E-state index in [2.05, 4.69) is 36.3 Å². The summed E-state index contributed by atoms with van der Waals surface area (Å²) in [5.74, 6) is 0.472. The average Bonchev–Trinajstić information content (AvgIpc) is 2.37. The van der Waals surface area contributed by atoms with Gasteiger partial charge in [0, 0.05) is 29.4 Å². The molecule has 3 nitrogen and oxygen atoms in total. The normalized spacial score (nSPS) is 12.9. The van der Waals surface area contributed by atoms with Crippen LogP contribution in [0.5, 0.6) is 0 Å². The van der Waals surface area contributed by atoms with Gasteiger partial charge in [-0.2, -0.15) is 0 Å². The van der Waals surface area contributed by atoms with E-state index in [0.29, 0.717) is 5.92 Å². The Bertz CT molecular complexity index is 551. The lowest BCUT2D eigenvalue weighted by Crippen LogP contribution is -2.27. The van der Waals surface area contributed by atoms with Gasteiger partial charge in [-0.3, -0.25) is 4.98 Å². The van der Waals surface area contributed by atoms with Gasteiger partial charge in [0.15, 0.2) is 0 Å². The number of fused-ring (bicyclic) bond motifs is 1. The summed E-state index contributed by atoms with van der Waals surface area (Å²) in [6.07, 6.45) is 0.757. The third kappa shape index (κ3) is 3.24. The number of hydrogen-bond acceptors (Lipinski definition) is 3. The number of aromatic nitrogens is 1. The van der Waals surface area contributed by atoms with E-state index in [-0.39, 0.29) is 12.6 Å². The Labute approximate surface area is 114 Å². The van der Waals surface area contributed by atoms with Crippen LogP contribution >= 0.6 is 0 Å². The molecular formula is C16H22N2O. The maximum Gasteiger partial charge on any atom is 0.0725 e. The van der Waals surface area contributed by atoms with E-state index in [1.807, 2.05) is 25.1 Å². The fourth-order valence-corrected chi connectivity index (χ4v) is 2.34. The number of aliphatic hydroxyl groups is 1. The highest BCUT2D eigenvalue weighted by atomic mass is 16.3. The molecule has 0 amide bonds. The van der Waals surface area contributed by atoms with Crippen molar-refractivity contribution in [2.24, 2.45) is 5.92 Å². The summed E-state index contributed by atoms with van der Waals surface area (Å²) in [6.45, 7) is 6.55. The number of pyridine rings is 1. The smallest absolute Gasteiger partial charge is 0.0725 e. The molecule has 0 saturated heterocycles. The van der Waals surface area contributed by atoms with Crippen molar-refractivity contribution in [3.63, 3.8) is 0 Å². The van der Waals surface area contributed by atoms with Gasteiger partial charge in [-0.15, -0.1) is 0 Å². The molecule has 0 aliphatic heterocycles.